The van der Waals surface area contributed by atoms with Gasteiger partial charge >= 0.3 is 0 Å². The van der Waals surface area contributed by atoms with E-state index in [-0.39, 0.29) is 49.1 Å². The molecule has 0 spiro atoms. The van der Waals surface area contributed by atoms with Crippen LogP contribution in [0.25, 0.3) is 27.6 Å². The van der Waals surface area contributed by atoms with Crippen LogP contribution in [0.1, 0.15) is 90.1 Å². The maximum absolute atomic E-state index is 6.73. The van der Waals surface area contributed by atoms with Gasteiger partial charge in [0.15, 0.2) is 0 Å². The zero-order valence-corrected chi connectivity index (χ0v) is 42.8. The van der Waals surface area contributed by atoms with Crippen LogP contribution in [0.3, 0.4) is 0 Å². The molecule has 0 aliphatic carbocycles. The molecule has 0 saturated heterocycles. The van der Waals surface area contributed by atoms with Crippen molar-refractivity contribution in [3.8, 4) is 17.3 Å². The van der Waals surface area contributed by atoms with Crippen LogP contribution in [0.4, 0.5) is 22.7 Å². The summed E-state index contributed by atoms with van der Waals surface area (Å²) in [6, 6.07) is 68.2. The van der Waals surface area contributed by atoms with Crippen molar-refractivity contribution in [2.24, 2.45) is 11.8 Å². The zero-order chi connectivity index (χ0) is 46.7. The van der Waals surface area contributed by atoms with E-state index in [2.05, 4.69) is 247 Å². The quantitative estimate of drug-likeness (QED) is 0.121. The molecule has 10 rings (SSSR count). The van der Waals surface area contributed by atoms with Gasteiger partial charge in [-0.25, -0.2) is 4.98 Å². The van der Waals surface area contributed by atoms with E-state index in [0.717, 1.165) is 44.7 Å². The molecule has 1 aliphatic heterocycles. The molecule has 9 aromatic rings. The van der Waals surface area contributed by atoms with Gasteiger partial charge in [-0.3, -0.25) is 0 Å². The van der Waals surface area contributed by atoms with Gasteiger partial charge in [-0.15, -0.1) is 48.1 Å². The molecular formula is C62H59N4OPt-3. The molecule has 68 heavy (non-hydrogen) atoms. The topological polar surface area (TPSA) is 33.5 Å². The van der Waals surface area contributed by atoms with Crippen molar-refractivity contribution < 1.29 is 25.8 Å². The van der Waals surface area contributed by atoms with E-state index >= 15 is 0 Å². The van der Waals surface area contributed by atoms with Crippen molar-refractivity contribution >= 4 is 44.6 Å². The van der Waals surface area contributed by atoms with Crippen LogP contribution in [-0.4, -0.2) is 9.55 Å². The summed E-state index contributed by atoms with van der Waals surface area (Å²) in [6.07, 6.45) is 1.91. The van der Waals surface area contributed by atoms with E-state index in [1.807, 2.05) is 24.4 Å². The van der Waals surface area contributed by atoms with Crippen LogP contribution < -0.4 is 14.5 Å². The molecule has 346 valence electrons. The third-order valence-corrected chi connectivity index (χ3v) is 14.7. The molecule has 3 heterocycles. The summed E-state index contributed by atoms with van der Waals surface area (Å²) in [5.41, 5.74) is 11.9. The second kappa shape index (κ2) is 18.2. The summed E-state index contributed by atoms with van der Waals surface area (Å²) in [5, 5.41) is 2.23. The monoisotopic (exact) mass is 1070 g/mol. The van der Waals surface area contributed by atoms with Gasteiger partial charge in [-0.1, -0.05) is 177 Å². The first-order valence-electron chi connectivity index (χ1n) is 23.7. The molecule has 1 aliphatic rings. The molecule has 5 nitrogen and oxygen atoms in total. The third kappa shape index (κ3) is 7.93. The van der Waals surface area contributed by atoms with Crippen LogP contribution >= 0.6 is 0 Å². The summed E-state index contributed by atoms with van der Waals surface area (Å²) in [6.45, 7) is 23.2. The second-order valence-corrected chi connectivity index (χ2v) is 20.1. The first-order chi connectivity index (χ1) is 32.3. The molecule has 0 N–H and O–H groups in total. The number of nitrogens with zero attached hydrogens (tertiary/aromatic N) is 4. The number of pyridine rings is 1. The number of ether oxygens (including phenoxy) is 1. The fourth-order valence-corrected chi connectivity index (χ4v) is 10.2. The van der Waals surface area contributed by atoms with Crippen LogP contribution in [0.15, 0.2) is 176 Å². The fraction of sp³-hybridized carbons (Fsp3) is 0.226. The van der Waals surface area contributed by atoms with Crippen LogP contribution in [0.5, 0.6) is 11.5 Å². The summed E-state index contributed by atoms with van der Waals surface area (Å²) in [4.78, 5) is 9.58. The van der Waals surface area contributed by atoms with Crippen molar-refractivity contribution in [2.75, 3.05) is 9.80 Å². The van der Waals surface area contributed by atoms with Crippen molar-refractivity contribution in [3.63, 3.8) is 0 Å². The minimum atomic E-state index is -0.327. The Morgan fingerprint density at radius 2 is 1.09 bits per heavy atom. The largest absolute Gasteiger partial charge is 0.509 e. The average molecular weight is 1070 g/mol. The fourth-order valence-electron chi connectivity index (χ4n) is 10.2. The maximum Gasteiger partial charge on any atom is 0.135 e. The first-order valence-corrected chi connectivity index (χ1v) is 23.7. The number of fused-ring (bicyclic) bond motifs is 4. The van der Waals surface area contributed by atoms with Crippen molar-refractivity contribution in [3.05, 3.63) is 223 Å². The van der Waals surface area contributed by atoms with Gasteiger partial charge in [-0.2, -0.15) is 12.1 Å². The Labute approximate surface area is 417 Å². The molecule has 2 unspecified atom stereocenters. The molecule has 0 saturated carbocycles. The SMILES string of the molecule is CC(C)C(C)(c1ccccc1)c1cccc(C(C)(c2ccccc2)C(C)C)c1N1[CH-]N(c2[c-]c(Oc3[c-]c4c(cc3)c3ccccc3n4-c3cc(C(C)(C)C)ccn3)ccc2)c2ccccc21.[Pt]. The minimum absolute atomic E-state index is 0. The van der Waals surface area contributed by atoms with Crippen LogP contribution in [0, 0.1) is 30.6 Å². The molecule has 0 bridgehead atoms. The molecule has 0 amide bonds. The number of aromatic nitrogens is 2. The predicted octanol–water partition coefficient (Wildman–Crippen LogP) is 16.2. The van der Waals surface area contributed by atoms with E-state index in [0.29, 0.717) is 11.5 Å². The number of rotatable bonds is 11. The second-order valence-electron chi connectivity index (χ2n) is 20.1. The first kappa shape index (κ1) is 46.7. The number of anilines is 4. The van der Waals surface area contributed by atoms with Gasteiger partial charge in [0.25, 0.3) is 0 Å². The van der Waals surface area contributed by atoms with Gasteiger partial charge in [0, 0.05) is 72.2 Å². The molecule has 0 radical (unpaired) electrons. The zero-order valence-electron chi connectivity index (χ0n) is 40.5. The average Bonchev–Trinajstić information content (AvgIpc) is 3.89. The van der Waals surface area contributed by atoms with Gasteiger partial charge in [0.05, 0.1) is 0 Å². The summed E-state index contributed by atoms with van der Waals surface area (Å²) in [5.74, 6) is 2.62. The van der Waals surface area contributed by atoms with E-state index in [4.69, 9.17) is 9.72 Å². The smallest absolute Gasteiger partial charge is 0.135 e. The Morgan fingerprint density at radius 1 is 0.529 bits per heavy atom. The minimum Gasteiger partial charge on any atom is -0.509 e. The van der Waals surface area contributed by atoms with Gasteiger partial charge in [0.1, 0.15) is 5.82 Å². The molecule has 2 aromatic heterocycles. The molecule has 7 aromatic carbocycles. The Morgan fingerprint density at radius 3 is 1.71 bits per heavy atom. The Balaban J connectivity index is 0.00000578. The number of hydrogen-bond donors (Lipinski definition) is 0. The Bertz CT molecular complexity index is 3170. The Kier molecular flexibility index (Phi) is 12.5. The normalized spacial score (nSPS) is 14.5. The summed E-state index contributed by atoms with van der Waals surface area (Å²) >= 11 is 0. The predicted molar refractivity (Wildman–Crippen MR) is 278 cm³/mol. The number of hydrogen-bond acceptors (Lipinski definition) is 4. The third-order valence-electron chi connectivity index (χ3n) is 14.7. The van der Waals surface area contributed by atoms with Crippen LogP contribution in [-0.2, 0) is 37.3 Å². The number of benzene rings is 7. The van der Waals surface area contributed by atoms with Gasteiger partial charge in [0.2, 0.25) is 0 Å². The van der Waals surface area contributed by atoms with Crippen molar-refractivity contribution in [1.82, 2.24) is 9.55 Å². The van der Waals surface area contributed by atoms with Crippen molar-refractivity contribution in [1.29, 1.82) is 0 Å². The van der Waals surface area contributed by atoms with E-state index in [9.17, 15) is 0 Å². The van der Waals surface area contributed by atoms with Gasteiger partial charge in [-0.05, 0) is 80.8 Å². The molecule has 6 heteroatoms. The summed E-state index contributed by atoms with van der Waals surface area (Å²) < 4.78 is 8.93. The standard InChI is InChI=1S/C62H59N4O.Pt/c1-42(2)61(8,44-22-12-10-13-23-44)52-29-21-30-53(62(9,43(3)4)45-24-14-11-15-25-45)59(52)65-41-64(55-32-18-19-33-56(55)65)47-26-20-27-48(39-47)67-49-34-35-51-50-28-16-17-31-54(50)66(57(51)40-49)58-38-46(36-37-63-58)60(5,6)7;/h10-38,41-43H,1-9H3;/q-3;. The molecule has 2 atom stereocenters. The van der Waals surface area contributed by atoms with E-state index in [1.54, 1.807) is 0 Å². The van der Waals surface area contributed by atoms with E-state index in [1.165, 1.54) is 33.5 Å². The maximum atomic E-state index is 6.73. The summed E-state index contributed by atoms with van der Waals surface area (Å²) in [7, 11) is 0. The number of para-hydroxylation sites is 4. The van der Waals surface area contributed by atoms with E-state index < -0.39 is 0 Å². The van der Waals surface area contributed by atoms with Crippen molar-refractivity contribution in [2.45, 2.75) is 78.6 Å². The Hall–Kier alpha value is -6.42. The molecule has 0 fully saturated rings. The molecular weight excluding hydrogens is 1010 g/mol. The van der Waals surface area contributed by atoms with Gasteiger partial charge < -0.3 is 19.1 Å². The van der Waals surface area contributed by atoms with Crippen LogP contribution in [0.2, 0.25) is 0 Å².